The summed E-state index contributed by atoms with van der Waals surface area (Å²) in [4.78, 5) is 17.3. The molecule has 0 saturated carbocycles. The zero-order valence-electron chi connectivity index (χ0n) is 15.3. The first-order valence-electron chi connectivity index (χ1n) is 8.29. The number of hydrogen-bond donors (Lipinski definition) is 0. The number of aryl methyl sites for hydroxylation is 1. The standard InChI is InChI=1S/C18H15ClF3N5O2/c1-11(12-5-3-6-13(19)9-12)23-29-10-14-15(18(20,21)22)7-4-8-16(14)27-17(28)26(2)24-25-27/h3-9H,10H2,1-2H3/b23-11-. The summed E-state index contributed by atoms with van der Waals surface area (Å²) < 4.78 is 42.2. The molecule has 3 rings (SSSR count). The second-order valence-corrected chi connectivity index (χ2v) is 6.49. The van der Waals surface area contributed by atoms with Crippen molar-refractivity contribution in [3.8, 4) is 5.69 Å². The molecule has 0 bridgehead atoms. The Morgan fingerprint density at radius 3 is 2.55 bits per heavy atom. The van der Waals surface area contributed by atoms with E-state index < -0.39 is 24.0 Å². The van der Waals surface area contributed by atoms with Gasteiger partial charge < -0.3 is 4.84 Å². The van der Waals surface area contributed by atoms with Gasteiger partial charge in [0.15, 0.2) is 0 Å². The molecule has 0 radical (unpaired) electrons. The first-order valence-corrected chi connectivity index (χ1v) is 8.67. The number of alkyl halides is 3. The number of halogens is 4. The van der Waals surface area contributed by atoms with Crippen molar-refractivity contribution < 1.29 is 18.0 Å². The van der Waals surface area contributed by atoms with Crippen molar-refractivity contribution in [2.45, 2.75) is 19.7 Å². The largest absolute Gasteiger partial charge is 0.416 e. The maximum absolute atomic E-state index is 13.5. The van der Waals surface area contributed by atoms with Crippen molar-refractivity contribution in [2.75, 3.05) is 0 Å². The second-order valence-electron chi connectivity index (χ2n) is 6.06. The number of benzene rings is 2. The first kappa shape index (κ1) is 20.6. The van der Waals surface area contributed by atoms with Gasteiger partial charge in [-0.3, -0.25) is 0 Å². The number of hydrogen-bond acceptors (Lipinski definition) is 5. The van der Waals surface area contributed by atoms with Gasteiger partial charge in [-0.15, -0.1) is 0 Å². The van der Waals surface area contributed by atoms with E-state index in [9.17, 15) is 18.0 Å². The predicted molar refractivity (Wildman–Crippen MR) is 100 cm³/mol. The summed E-state index contributed by atoms with van der Waals surface area (Å²) in [7, 11) is 1.34. The lowest BCUT2D eigenvalue weighted by molar-refractivity contribution is -0.138. The molecule has 0 unspecified atom stereocenters. The Morgan fingerprint density at radius 1 is 1.21 bits per heavy atom. The molecule has 11 heteroatoms. The van der Waals surface area contributed by atoms with Crippen LogP contribution in [0.3, 0.4) is 0 Å². The summed E-state index contributed by atoms with van der Waals surface area (Å²) in [5, 5.41) is 11.5. The topological polar surface area (TPSA) is 74.3 Å². The van der Waals surface area contributed by atoms with Crippen LogP contribution in [0.15, 0.2) is 52.4 Å². The Hall–Kier alpha value is -3.14. The smallest absolute Gasteiger partial charge is 0.391 e. The molecule has 2 aromatic carbocycles. The minimum atomic E-state index is -4.66. The molecule has 1 heterocycles. The van der Waals surface area contributed by atoms with E-state index in [1.54, 1.807) is 31.2 Å². The van der Waals surface area contributed by atoms with Crippen molar-refractivity contribution >= 4 is 17.3 Å². The molecule has 0 spiro atoms. The van der Waals surface area contributed by atoms with Crippen LogP contribution in [0.1, 0.15) is 23.6 Å². The van der Waals surface area contributed by atoms with Gasteiger partial charge in [0, 0.05) is 23.2 Å². The Bertz CT molecular complexity index is 1120. The van der Waals surface area contributed by atoms with Crippen molar-refractivity contribution in [2.24, 2.45) is 12.2 Å². The maximum Gasteiger partial charge on any atom is 0.416 e. The van der Waals surface area contributed by atoms with E-state index in [0.717, 1.165) is 15.4 Å². The molecule has 0 saturated heterocycles. The molecule has 3 aromatic rings. The van der Waals surface area contributed by atoms with Crippen LogP contribution in [0.25, 0.3) is 5.69 Å². The summed E-state index contributed by atoms with van der Waals surface area (Å²) in [5.41, 5.74) is -0.937. The van der Waals surface area contributed by atoms with Crippen LogP contribution in [0.2, 0.25) is 5.02 Å². The van der Waals surface area contributed by atoms with Gasteiger partial charge in [0.2, 0.25) is 0 Å². The lowest BCUT2D eigenvalue weighted by Crippen LogP contribution is -2.24. The lowest BCUT2D eigenvalue weighted by Gasteiger charge is -2.15. The molecule has 0 aliphatic rings. The third-order valence-electron chi connectivity index (χ3n) is 4.06. The summed E-state index contributed by atoms with van der Waals surface area (Å²) in [5.74, 6) is 0. The minimum absolute atomic E-state index is 0.0893. The van der Waals surface area contributed by atoms with Crippen molar-refractivity contribution in [1.29, 1.82) is 0 Å². The van der Waals surface area contributed by atoms with E-state index in [1.807, 2.05) is 0 Å². The Morgan fingerprint density at radius 2 is 1.93 bits per heavy atom. The maximum atomic E-state index is 13.5. The predicted octanol–water partition coefficient (Wildman–Crippen LogP) is 3.58. The molecule has 7 nitrogen and oxygen atoms in total. The van der Waals surface area contributed by atoms with Crippen LogP contribution in [0.5, 0.6) is 0 Å². The molecule has 29 heavy (non-hydrogen) atoms. The van der Waals surface area contributed by atoms with Gasteiger partial charge in [0.25, 0.3) is 0 Å². The van der Waals surface area contributed by atoms with Crippen molar-refractivity contribution in [3.05, 3.63) is 74.7 Å². The van der Waals surface area contributed by atoms with Crippen LogP contribution in [0.4, 0.5) is 13.2 Å². The third-order valence-corrected chi connectivity index (χ3v) is 4.29. The van der Waals surface area contributed by atoms with E-state index >= 15 is 0 Å². The quantitative estimate of drug-likeness (QED) is 0.462. The van der Waals surface area contributed by atoms with Gasteiger partial charge in [-0.05, 0) is 41.6 Å². The zero-order chi connectivity index (χ0) is 21.2. The van der Waals surface area contributed by atoms with Gasteiger partial charge in [0.05, 0.1) is 17.0 Å². The van der Waals surface area contributed by atoms with Crippen LogP contribution in [-0.4, -0.2) is 25.5 Å². The molecule has 0 amide bonds. The number of nitrogens with zero attached hydrogens (tertiary/aromatic N) is 5. The summed E-state index contributed by atoms with van der Waals surface area (Å²) in [6.45, 7) is 1.10. The van der Waals surface area contributed by atoms with Crippen molar-refractivity contribution in [1.82, 2.24) is 19.8 Å². The van der Waals surface area contributed by atoms with E-state index in [1.165, 1.54) is 19.2 Å². The Balaban J connectivity index is 1.98. The van der Waals surface area contributed by atoms with Crippen LogP contribution in [0, 0.1) is 0 Å². The average Bonchev–Trinajstić information content (AvgIpc) is 2.99. The van der Waals surface area contributed by atoms with Gasteiger partial charge in [-0.2, -0.15) is 22.5 Å². The number of rotatable bonds is 5. The van der Waals surface area contributed by atoms with E-state index in [2.05, 4.69) is 15.6 Å². The summed E-state index contributed by atoms with van der Waals surface area (Å²) in [6.07, 6.45) is -4.66. The fourth-order valence-corrected chi connectivity index (χ4v) is 2.81. The minimum Gasteiger partial charge on any atom is -0.391 e. The highest BCUT2D eigenvalue weighted by molar-refractivity contribution is 6.31. The average molecular weight is 426 g/mol. The van der Waals surface area contributed by atoms with Gasteiger partial charge >= 0.3 is 11.9 Å². The monoisotopic (exact) mass is 425 g/mol. The highest BCUT2D eigenvalue weighted by atomic mass is 35.5. The van der Waals surface area contributed by atoms with Gasteiger partial charge in [0.1, 0.15) is 6.61 Å². The number of aromatic nitrogens is 4. The molecular formula is C18H15ClF3N5O2. The fourth-order valence-electron chi connectivity index (χ4n) is 2.62. The fraction of sp³-hybridized carbons (Fsp3) is 0.222. The Labute approximate surface area is 167 Å². The molecule has 1 aromatic heterocycles. The lowest BCUT2D eigenvalue weighted by atomic mass is 10.1. The molecule has 0 N–H and O–H groups in total. The third kappa shape index (κ3) is 4.48. The molecule has 0 fully saturated rings. The Kier molecular flexibility index (Phi) is 5.73. The molecular weight excluding hydrogens is 411 g/mol. The molecule has 0 aliphatic carbocycles. The van der Waals surface area contributed by atoms with E-state index in [4.69, 9.17) is 16.4 Å². The van der Waals surface area contributed by atoms with Crippen molar-refractivity contribution in [3.63, 3.8) is 0 Å². The normalized spacial score (nSPS) is 12.3. The number of oxime groups is 1. The first-order chi connectivity index (χ1) is 13.7. The summed E-state index contributed by atoms with van der Waals surface area (Å²) in [6, 6.07) is 10.2. The van der Waals surface area contributed by atoms with Crippen LogP contribution in [-0.2, 0) is 24.7 Å². The van der Waals surface area contributed by atoms with E-state index in [0.29, 0.717) is 16.3 Å². The highest BCUT2D eigenvalue weighted by Gasteiger charge is 2.35. The number of tetrazole rings is 1. The SMILES string of the molecule is C/C(=N/OCc1c(-n2nnn(C)c2=O)cccc1C(F)(F)F)c1cccc(Cl)c1. The highest BCUT2D eigenvalue weighted by Crippen LogP contribution is 2.34. The molecule has 0 aliphatic heterocycles. The van der Waals surface area contributed by atoms with Gasteiger partial charge in [-0.1, -0.05) is 35.0 Å². The zero-order valence-corrected chi connectivity index (χ0v) is 16.1. The second kappa shape index (κ2) is 8.08. The van der Waals surface area contributed by atoms with Gasteiger partial charge in [-0.25, -0.2) is 4.79 Å². The van der Waals surface area contributed by atoms with Crippen LogP contribution < -0.4 is 5.69 Å². The molecule has 0 atom stereocenters. The van der Waals surface area contributed by atoms with Crippen LogP contribution >= 0.6 is 11.6 Å². The summed E-state index contributed by atoms with van der Waals surface area (Å²) >= 11 is 5.93. The van der Waals surface area contributed by atoms with E-state index in [-0.39, 0.29) is 11.3 Å². The molecule has 152 valence electrons.